The Labute approximate surface area is 173 Å². The molecule has 28 heavy (non-hydrogen) atoms. The summed E-state index contributed by atoms with van der Waals surface area (Å²) in [4.78, 5) is 17.7. The van der Waals surface area contributed by atoms with Crippen molar-refractivity contribution in [1.29, 1.82) is 0 Å². The number of hydrogen-bond donors (Lipinski definition) is 2. The number of halogens is 1. The third kappa shape index (κ3) is 4.81. The van der Waals surface area contributed by atoms with E-state index in [9.17, 15) is 9.90 Å². The lowest BCUT2D eigenvalue weighted by atomic mass is 9.98. The molecule has 7 nitrogen and oxygen atoms in total. The highest BCUT2D eigenvalue weighted by atomic mass is 35.5. The van der Waals surface area contributed by atoms with Gasteiger partial charge in [0.1, 0.15) is 17.0 Å². The van der Waals surface area contributed by atoms with Gasteiger partial charge in [-0.25, -0.2) is 4.68 Å². The average Bonchev–Trinajstić information content (AvgIpc) is 3.21. The van der Waals surface area contributed by atoms with Crippen molar-refractivity contribution in [3.05, 3.63) is 38.6 Å². The number of amides is 1. The molecule has 152 valence electrons. The Balaban J connectivity index is 2.00. The summed E-state index contributed by atoms with van der Waals surface area (Å²) in [5, 5.41) is 18.9. The van der Waals surface area contributed by atoms with E-state index in [0.29, 0.717) is 34.1 Å². The number of nitrogens with one attached hydrogen (secondary N) is 1. The second-order valence-electron chi connectivity index (χ2n) is 7.84. The number of aliphatic hydroxyl groups is 1. The van der Waals surface area contributed by atoms with Gasteiger partial charge >= 0.3 is 0 Å². The molecule has 3 rings (SSSR count). The van der Waals surface area contributed by atoms with Gasteiger partial charge in [0, 0.05) is 16.5 Å². The fraction of sp³-hybridized carbons (Fsp3) is 0.526. The van der Waals surface area contributed by atoms with Crippen LogP contribution >= 0.6 is 22.9 Å². The van der Waals surface area contributed by atoms with Gasteiger partial charge in [-0.05, 0) is 31.0 Å². The van der Waals surface area contributed by atoms with Gasteiger partial charge in [0.2, 0.25) is 4.80 Å². The second kappa shape index (κ2) is 8.32. The van der Waals surface area contributed by atoms with Crippen LogP contribution in [0, 0.1) is 0 Å². The number of aliphatic hydroxyl groups excluding tert-OH is 1. The standard InChI is InChI=1S/C19H25ClN4O3S/c1-19(2,3)17-23-24(10-12-6-8-15(25)21-12)18(28-17)22-16(26)13-9-11(20)5-7-14(13)27-4/h5,7,9,12,15,21,25H,6,8,10H2,1-4H3/t12-,15-/m1/s1. The third-order valence-electron chi connectivity index (χ3n) is 4.46. The van der Waals surface area contributed by atoms with Crippen molar-refractivity contribution >= 4 is 28.8 Å². The molecule has 9 heteroatoms. The van der Waals surface area contributed by atoms with E-state index in [1.807, 2.05) is 0 Å². The molecule has 2 atom stereocenters. The Bertz CT molecular complexity index is 932. The number of benzene rings is 1. The molecule has 0 radical (unpaired) electrons. The van der Waals surface area contributed by atoms with Crippen LogP contribution in [0.1, 0.15) is 49.0 Å². The van der Waals surface area contributed by atoms with E-state index in [2.05, 4.69) is 36.2 Å². The van der Waals surface area contributed by atoms with Crippen molar-refractivity contribution in [3.8, 4) is 5.75 Å². The Hall–Kier alpha value is -1.74. The molecule has 1 fully saturated rings. The van der Waals surface area contributed by atoms with Crippen LogP contribution in [0.15, 0.2) is 23.2 Å². The highest BCUT2D eigenvalue weighted by Gasteiger charge is 2.25. The van der Waals surface area contributed by atoms with Crippen LogP contribution < -0.4 is 14.9 Å². The van der Waals surface area contributed by atoms with Gasteiger partial charge in [-0.3, -0.25) is 10.1 Å². The van der Waals surface area contributed by atoms with Crippen molar-refractivity contribution in [3.63, 3.8) is 0 Å². The number of carbonyl (C=O) groups is 1. The molecule has 0 bridgehead atoms. The predicted molar refractivity (Wildman–Crippen MR) is 109 cm³/mol. The molecule has 1 saturated heterocycles. The predicted octanol–water partition coefficient (Wildman–Crippen LogP) is 2.72. The minimum Gasteiger partial charge on any atom is -0.496 e. The van der Waals surface area contributed by atoms with Crippen LogP contribution in [0.5, 0.6) is 5.75 Å². The molecule has 0 saturated carbocycles. The van der Waals surface area contributed by atoms with Gasteiger partial charge in [-0.1, -0.05) is 43.7 Å². The van der Waals surface area contributed by atoms with Gasteiger partial charge in [0.25, 0.3) is 5.91 Å². The number of ether oxygens (including phenoxy) is 1. The lowest BCUT2D eigenvalue weighted by Gasteiger charge is -2.14. The molecule has 1 aromatic carbocycles. The number of methoxy groups -OCH3 is 1. The molecule has 2 aromatic rings. The van der Waals surface area contributed by atoms with E-state index >= 15 is 0 Å². The molecule has 0 aliphatic carbocycles. The first-order valence-corrected chi connectivity index (χ1v) is 10.3. The minimum absolute atomic E-state index is 0.0830. The van der Waals surface area contributed by atoms with Gasteiger partial charge in [-0.15, -0.1) is 0 Å². The van der Waals surface area contributed by atoms with E-state index < -0.39 is 12.1 Å². The molecule has 1 amide bonds. The molecule has 1 aliphatic rings. The van der Waals surface area contributed by atoms with Crippen molar-refractivity contribution in [2.75, 3.05) is 7.11 Å². The van der Waals surface area contributed by atoms with Crippen molar-refractivity contribution < 1.29 is 14.6 Å². The van der Waals surface area contributed by atoms with Gasteiger partial charge in [0.15, 0.2) is 0 Å². The second-order valence-corrected chi connectivity index (χ2v) is 9.23. The maximum Gasteiger partial charge on any atom is 0.283 e. The quantitative estimate of drug-likeness (QED) is 0.787. The summed E-state index contributed by atoms with van der Waals surface area (Å²) >= 11 is 7.44. The molecule has 1 aliphatic heterocycles. The van der Waals surface area contributed by atoms with Crippen molar-refractivity contribution in [1.82, 2.24) is 15.1 Å². The fourth-order valence-electron chi connectivity index (χ4n) is 2.96. The first kappa shape index (κ1) is 21.0. The van der Waals surface area contributed by atoms with Crippen LogP contribution in [0.2, 0.25) is 5.02 Å². The zero-order valence-corrected chi connectivity index (χ0v) is 18.0. The van der Waals surface area contributed by atoms with E-state index in [1.54, 1.807) is 22.9 Å². The summed E-state index contributed by atoms with van der Waals surface area (Å²) in [6.07, 6.45) is 1.04. The van der Waals surface area contributed by atoms with Gasteiger partial charge in [-0.2, -0.15) is 10.1 Å². The van der Waals surface area contributed by atoms with Crippen LogP contribution in [0.3, 0.4) is 0 Å². The monoisotopic (exact) mass is 424 g/mol. The SMILES string of the molecule is COc1ccc(Cl)cc1C(=O)N=c1sc(C(C)(C)C)nn1C[C@H]1CC[C@@H](O)N1. The van der Waals surface area contributed by atoms with Crippen LogP contribution in [-0.4, -0.2) is 40.2 Å². The molecular weight excluding hydrogens is 400 g/mol. The number of carbonyl (C=O) groups excluding carboxylic acids is 1. The first-order chi connectivity index (χ1) is 13.2. The van der Waals surface area contributed by atoms with Crippen LogP contribution in [0.25, 0.3) is 0 Å². The summed E-state index contributed by atoms with van der Waals surface area (Å²) < 4.78 is 7.02. The molecule has 2 heterocycles. The topological polar surface area (TPSA) is 88.7 Å². The Kier molecular flexibility index (Phi) is 6.24. The van der Waals surface area contributed by atoms with Crippen LogP contribution in [0.4, 0.5) is 0 Å². The van der Waals surface area contributed by atoms with E-state index in [1.165, 1.54) is 18.4 Å². The molecular formula is C19H25ClN4O3S. The maximum absolute atomic E-state index is 12.9. The Morgan fingerprint density at radius 3 is 2.82 bits per heavy atom. The summed E-state index contributed by atoms with van der Waals surface area (Å²) in [5.41, 5.74) is 0.140. The lowest BCUT2D eigenvalue weighted by molar-refractivity contribution is 0.0994. The first-order valence-electron chi connectivity index (χ1n) is 9.12. The van der Waals surface area contributed by atoms with Gasteiger partial charge < -0.3 is 9.84 Å². The minimum atomic E-state index is -0.496. The molecule has 0 unspecified atom stereocenters. The highest BCUT2D eigenvalue weighted by Crippen LogP contribution is 2.24. The summed E-state index contributed by atoms with van der Waals surface area (Å²) in [6.45, 7) is 6.74. The van der Waals surface area contributed by atoms with Crippen molar-refractivity contribution in [2.24, 2.45) is 4.99 Å². The smallest absolute Gasteiger partial charge is 0.283 e. The Morgan fingerprint density at radius 1 is 1.46 bits per heavy atom. The average molecular weight is 425 g/mol. The van der Waals surface area contributed by atoms with E-state index in [0.717, 1.165) is 11.4 Å². The summed E-state index contributed by atoms with van der Waals surface area (Å²) in [5.74, 6) is -0.0116. The number of aromatic nitrogens is 2. The van der Waals surface area contributed by atoms with E-state index in [4.69, 9.17) is 16.3 Å². The number of hydrogen-bond acceptors (Lipinski definition) is 6. The van der Waals surface area contributed by atoms with E-state index in [-0.39, 0.29) is 11.5 Å². The maximum atomic E-state index is 12.9. The summed E-state index contributed by atoms with van der Waals surface area (Å²) in [7, 11) is 1.50. The zero-order valence-electron chi connectivity index (χ0n) is 16.4. The zero-order chi connectivity index (χ0) is 20.5. The number of nitrogens with zero attached hydrogens (tertiary/aromatic N) is 3. The Morgan fingerprint density at radius 2 is 2.21 bits per heavy atom. The normalized spacial score (nSPS) is 20.6. The summed E-state index contributed by atoms with van der Waals surface area (Å²) in [6, 6.07) is 4.95. The molecule has 2 N–H and O–H groups in total. The third-order valence-corrected chi connectivity index (χ3v) is 6.07. The molecule has 1 aromatic heterocycles. The van der Waals surface area contributed by atoms with Gasteiger partial charge in [0.05, 0.1) is 19.2 Å². The van der Waals surface area contributed by atoms with Crippen molar-refractivity contribution in [2.45, 2.75) is 57.8 Å². The van der Waals surface area contributed by atoms with Crippen LogP contribution in [-0.2, 0) is 12.0 Å². The number of rotatable bonds is 4. The fourth-order valence-corrected chi connectivity index (χ4v) is 4.10. The highest BCUT2D eigenvalue weighted by molar-refractivity contribution is 7.09. The molecule has 0 spiro atoms. The largest absolute Gasteiger partial charge is 0.496 e. The lowest BCUT2D eigenvalue weighted by Crippen LogP contribution is -2.35.